The molecule has 3 nitrogen and oxygen atoms in total. The van der Waals surface area contributed by atoms with Crippen molar-refractivity contribution in [2.45, 2.75) is 44.2 Å². The van der Waals surface area contributed by atoms with Crippen molar-refractivity contribution < 1.29 is 9.52 Å². The summed E-state index contributed by atoms with van der Waals surface area (Å²) in [4.78, 5) is 2.18. The second kappa shape index (κ2) is 4.83. The third-order valence-corrected chi connectivity index (χ3v) is 4.22. The number of furan rings is 1. The molecule has 1 aromatic rings. The van der Waals surface area contributed by atoms with Crippen molar-refractivity contribution in [3.8, 4) is 0 Å². The number of aliphatic hydroxyl groups is 1. The van der Waals surface area contributed by atoms with Crippen molar-refractivity contribution in [2.24, 2.45) is 5.92 Å². The van der Waals surface area contributed by atoms with Crippen LogP contribution in [0.2, 0.25) is 0 Å². The van der Waals surface area contributed by atoms with E-state index in [1.807, 2.05) is 12.1 Å². The molecule has 0 aliphatic heterocycles. The molecule has 2 rings (SSSR count). The molecule has 0 spiro atoms. The minimum absolute atomic E-state index is 0.171. The van der Waals surface area contributed by atoms with Crippen molar-refractivity contribution >= 4 is 0 Å². The molecular weight excluding hydrogens is 214 g/mol. The Labute approximate surface area is 103 Å². The molecule has 1 N–H and O–H groups in total. The van der Waals surface area contributed by atoms with E-state index < -0.39 is 6.10 Å². The van der Waals surface area contributed by atoms with Crippen LogP contribution in [0.15, 0.2) is 22.8 Å². The van der Waals surface area contributed by atoms with Gasteiger partial charge in [0, 0.05) is 0 Å². The Morgan fingerprint density at radius 1 is 1.53 bits per heavy atom. The van der Waals surface area contributed by atoms with Crippen molar-refractivity contribution in [3.63, 3.8) is 0 Å². The normalized spacial score (nSPS) is 31.7. The standard InChI is InChI=1S/C14H23NO2/c1-11-6-4-8-14(10-11,15(2)3)13(16)12-7-5-9-17-12/h5,7,9,11,13,16H,4,6,8,10H2,1-3H3. The van der Waals surface area contributed by atoms with Crippen LogP contribution in [0.25, 0.3) is 0 Å². The highest BCUT2D eigenvalue weighted by atomic mass is 16.4. The van der Waals surface area contributed by atoms with Gasteiger partial charge >= 0.3 is 0 Å². The highest BCUT2D eigenvalue weighted by molar-refractivity contribution is 5.11. The van der Waals surface area contributed by atoms with E-state index in [2.05, 4.69) is 25.9 Å². The Hall–Kier alpha value is -0.800. The first kappa shape index (κ1) is 12.7. The molecule has 3 atom stereocenters. The molecule has 17 heavy (non-hydrogen) atoms. The fourth-order valence-corrected chi connectivity index (χ4v) is 3.17. The molecule has 0 bridgehead atoms. The Bertz CT molecular complexity index is 347. The Morgan fingerprint density at radius 3 is 2.82 bits per heavy atom. The van der Waals surface area contributed by atoms with Crippen molar-refractivity contribution in [3.05, 3.63) is 24.2 Å². The predicted molar refractivity (Wildman–Crippen MR) is 67.7 cm³/mol. The Balaban J connectivity index is 2.27. The van der Waals surface area contributed by atoms with Gasteiger partial charge in [-0.2, -0.15) is 0 Å². The third kappa shape index (κ3) is 2.26. The van der Waals surface area contributed by atoms with Crippen LogP contribution in [-0.4, -0.2) is 29.6 Å². The van der Waals surface area contributed by atoms with E-state index in [4.69, 9.17) is 4.42 Å². The summed E-state index contributed by atoms with van der Waals surface area (Å²) < 4.78 is 5.38. The lowest BCUT2D eigenvalue weighted by atomic mass is 9.72. The van der Waals surface area contributed by atoms with Gasteiger partial charge in [0.05, 0.1) is 11.8 Å². The van der Waals surface area contributed by atoms with E-state index in [-0.39, 0.29) is 5.54 Å². The van der Waals surface area contributed by atoms with Gasteiger partial charge in [0.15, 0.2) is 0 Å². The summed E-state index contributed by atoms with van der Waals surface area (Å²) in [5.74, 6) is 1.35. The van der Waals surface area contributed by atoms with Gasteiger partial charge in [-0.25, -0.2) is 0 Å². The molecule has 1 aliphatic rings. The van der Waals surface area contributed by atoms with Gasteiger partial charge in [-0.05, 0) is 45.0 Å². The van der Waals surface area contributed by atoms with Gasteiger partial charge in [-0.1, -0.05) is 19.8 Å². The zero-order valence-electron chi connectivity index (χ0n) is 11.0. The van der Waals surface area contributed by atoms with Gasteiger partial charge in [-0.3, -0.25) is 0 Å². The van der Waals surface area contributed by atoms with Crippen LogP contribution in [0.3, 0.4) is 0 Å². The maximum absolute atomic E-state index is 10.6. The molecule has 3 heteroatoms. The lowest BCUT2D eigenvalue weighted by molar-refractivity contribution is -0.0546. The first-order valence-corrected chi connectivity index (χ1v) is 6.45. The first-order valence-electron chi connectivity index (χ1n) is 6.45. The van der Waals surface area contributed by atoms with E-state index in [1.54, 1.807) is 6.26 Å². The van der Waals surface area contributed by atoms with Crippen LogP contribution in [0.4, 0.5) is 0 Å². The van der Waals surface area contributed by atoms with Crippen LogP contribution < -0.4 is 0 Å². The summed E-state index contributed by atoms with van der Waals surface area (Å²) in [7, 11) is 4.12. The Kier molecular flexibility index (Phi) is 3.59. The molecule has 1 fully saturated rings. The summed E-state index contributed by atoms with van der Waals surface area (Å²) in [6, 6.07) is 3.71. The quantitative estimate of drug-likeness (QED) is 0.878. The van der Waals surface area contributed by atoms with Crippen LogP contribution in [-0.2, 0) is 0 Å². The largest absolute Gasteiger partial charge is 0.467 e. The zero-order valence-corrected chi connectivity index (χ0v) is 11.0. The van der Waals surface area contributed by atoms with Crippen molar-refractivity contribution in [1.29, 1.82) is 0 Å². The second-order valence-electron chi connectivity index (χ2n) is 5.62. The summed E-state index contributed by atoms with van der Waals surface area (Å²) in [5, 5.41) is 10.6. The number of aliphatic hydroxyl groups excluding tert-OH is 1. The van der Waals surface area contributed by atoms with Gasteiger partial charge in [0.2, 0.25) is 0 Å². The van der Waals surface area contributed by atoms with Crippen molar-refractivity contribution in [1.82, 2.24) is 4.90 Å². The van der Waals surface area contributed by atoms with Gasteiger partial charge in [0.1, 0.15) is 11.9 Å². The number of nitrogens with zero attached hydrogens (tertiary/aromatic N) is 1. The van der Waals surface area contributed by atoms with Gasteiger partial charge < -0.3 is 14.4 Å². The minimum atomic E-state index is -0.532. The molecule has 1 saturated carbocycles. The topological polar surface area (TPSA) is 36.6 Å². The molecule has 96 valence electrons. The molecule has 0 amide bonds. The van der Waals surface area contributed by atoms with Crippen LogP contribution in [0.1, 0.15) is 44.5 Å². The fraction of sp³-hybridized carbons (Fsp3) is 0.714. The lowest BCUT2D eigenvalue weighted by Crippen LogP contribution is -2.52. The van der Waals surface area contributed by atoms with Crippen molar-refractivity contribution in [2.75, 3.05) is 14.1 Å². The predicted octanol–water partition coefficient (Wildman–Crippen LogP) is 2.82. The molecule has 3 unspecified atom stereocenters. The summed E-state index contributed by atoms with van der Waals surface area (Å²) >= 11 is 0. The monoisotopic (exact) mass is 237 g/mol. The molecule has 1 aromatic heterocycles. The highest BCUT2D eigenvalue weighted by Gasteiger charge is 2.44. The molecule has 0 saturated heterocycles. The van der Waals surface area contributed by atoms with E-state index in [1.165, 1.54) is 12.8 Å². The zero-order chi connectivity index (χ0) is 12.5. The summed E-state index contributed by atoms with van der Waals surface area (Å²) in [6.07, 6.45) is 5.61. The SMILES string of the molecule is CC1CCCC(C(O)c2ccco2)(N(C)C)C1. The highest BCUT2D eigenvalue weighted by Crippen LogP contribution is 2.43. The third-order valence-electron chi connectivity index (χ3n) is 4.22. The van der Waals surface area contributed by atoms with Gasteiger partial charge in [-0.15, -0.1) is 0 Å². The summed E-state index contributed by atoms with van der Waals surface area (Å²) in [6.45, 7) is 2.27. The summed E-state index contributed by atoms with van der Waals surface area (Å²) in [5.41, 5.74) is -0.171. The average Bonchev–Trinajstić information content (AvgIpc) is 2.81. The lowest BCUT2D eigenvalue weighted by Gasteiger charge is -2.47. The number of likely N-dealkylation sites (N-methyl/N-ethyl adjacent to an activating group) is 1. The first-order chi connectivity index (χ1) is 8.06. The maximum Gasteiger partial charge on any atom is 0.134 e. The van der Waals surface area contributed by atoms with Crippen LogP contribution in [0, 0.1) is 5.92 Å². The van der Waals surface area contributed by atoms with Crippen LogP contribution in [0.5, 0.6) is 0 Å². The molecule has 1 heterocycles. The van der Waals surface area contributed by atoms with Crippen LogP contribution >= 0.6 is 0 Å². The fourth-order valence-electron chi connectivity index (χ4n) is 3.17. The molecule has 0 radical (unpaired) electrons. The number of hydrogen-bond acceptors (Lipinski definition) is 3. The van der Waals surface area contributed by atoms with E-state index >= 15 is 0 Å². The molecular formula is C14H23NO2. The number of rotatable bonds is 3. The van der Waals surface area contributed by atoms with E-state index in [9.17, 15) is 5.11 Å². The number of hydrogen-bond donors (Lipinski definition) is 1. The molecule has 1 aliphatic carbocycles. The minimum Gasteiger partial charge on any atom is -0.467 e. The van der Waals surface area contributed by atoms with Gasteiger partial charge in [0.25, 0.3) is 0 Å². The maximum atomic E-state index is 10.6. The smallest absolute Gasteiger partial charge is 0.134 e. The van der Waals surface area contributed by atoms with E-state index in [0.29, 0.717) is 11.7 Å². The van der Waals surface area contributed by atoms with E-state index in [0.717, 1.165) is 12.8 Å². The average molecular weight is 237 g/mol. The Morgan fingerprint density at radius 2 is 2.29 bits per heavy atom. The molecule has 0 aromatic carbocycles. The second-order valence-corrected chi connectivity index (χ2v) is 5.62.